The summed E-state index contributed by atoms with van der Waals surface area (Å²) in [5.74, 6) is -0.255. The highest BCUT2D eigenvalue weighted by atomic mass is 32.2. The van der Waals surface area contributed by atoms with Crippen molar-refractivity contribution in [2.24, 2.45) is 5.10 Å². The van der Waals surface area contributed by atoms with Crippen LogP contribution in [0.5, 0.6) is 0 Å². The number of esters is 1. The number of hydrazone groups is 1. The van der Waals surface area contributed by atoms with Crippen LogP contribution in [0.15, 0.2) is 77.9 Å². The second-order valence-electron chi connectivity index (χ2n) is 6.77. The normalized spacial score (nSPS) is 12.4. The lowest BCUT2D eigenvalue weighted by molar-refractivity contribution is -0.118. The molecule has 1 amide bonds. The summed E-state index contributed by atoms with van der Waals surface area (Å²) in [6.07, 6.45) is 1.55. The van der Waals surface area contributed by atoms with Gasteiger partial charge in [0.15, 0.2) is 0 Å². The highest BCUT2D eigenvalue weighted by Gasteiger charge is 2.28. The van der Waals surface area contributed by atoms with E-state index in [2.05, 4.69) is 39.5 Å². The van der Waals surface area contributed by atoms with E-state index in [-0.39, 0.29) is 17.1 Å². The molecular formula is C24H20N2O3S. The molecule has 4 rings (SSSR count). The smallest absolute Gasteiger partial charge is 0.337 e. The van der Waals surface area contributed by atoms with Gasteiger partial charge in [-0.15, -0.1) is 11.8 Å². The van der Waals surface area contributed by atoms with Crippen LogP contribution in [-0.4, -0.2) is 31.0 Å². The summed E-state index contributed by atoms with van der Waals surface area (Å²) in [4.78, 5) is 23.7. The first-order chi connectivity index (χ1) is 14.7. The Balaban J connectivity index is 1.35. The molecule has 150 valence electrons. The van der Waals surface area contributed by atoms with Gasteiger partial charge in [0.05, 0.1) is 29.9 Å². The highest BCUT2D eigenvalue weighted by molar-refractivity contribution is 8.00. The maximum atomic E-state index is 12.3. The number of nitrogens with one attached hydrogen (secondary N) is 1. The molecule has 30 heavy (non-hydrogen) atoms. The molecule has 0 heterocycles. The fraction of sp³-hybridized carbons (Fsp3) is 0.125. The summed E-state index contributed by atoms with van der Waals surface area (Å²) in [5.41, 5.74) is 8.76. The average molecular weight is 417 g/mol. The average Bonchev–Trinajstić information content (AvgIpc) is 3.11. The van der Waals surface area contributed by atoms with Crippen LogP contribution >= 0.6 is 11.8 Å². The van der Waals surface area contributed by atoms with E-state index in [1.807, 2.05) is 24.3 Å². The molecule has 3 aromatic carbocycles. The number of hydrogen-bond acceptors (Lipinski definition) is 5. The third-order valence-corrected chi connectivity index (χ3v) is 6.16. The second-order valence-corrected chi connectivity index (χ2v) is 7.87. The number of ether oxygens (including phenoxy) is 1. The van der Waals surface area contributed by atoms with Crippen LogP contribution in [0.4, 0.5) is 0 Å². The topological polar surface area (TPSA) is 67.8 Å². The van der Waals surface area contributed by atoms with Gasteiger partial charge in [0.25, 0.3) is 0 Å². The lowest BCUT2D eigenvalue weighted by Crippen LogP contribution is -2.20. The van der Waals surface area contributed by atoms with Gasteiger partial charge < -0.3 is 4.74 Å². The Bertz CT molecular complexity index is 1060. The van der Waals surface area contributed by atoms with Crippen LogP contribution in [0.3, 0.4) is 0 Å². The molecule has 0 aliphatic heterocycles. The molecule has 5 nitrogen and oxygen atoms in total. The van der Waals surface area contributed by atoms with Crippen LogP contribution in [0.2, 0.25) is 0 Å². The summed E-state index contributed by atoms with van der Waals surface area (Å²) in [6.45, 7) is 0. The SMILES string of the molecule is COC(=O)c1ccc(/C=N\NC(=O)CSC2c3ccccc3-c3ccccc32)cc1. The van der Waals surface area contributed by atoms with Gasteiger partial charge in [-0.25, -0.2) is 10.2 Å². The van der Waals surface area contributed by atoms with Gasteiger partial charge in [-0.05, 0) is 39.9 Å². The zero-order valence-electron chi connectivity index (χ0n) is 16.4. The van der Waals surface area contributed by atoms with Gasteiger partial charge >= 0.3 is 5.97 Å². The number of amides is 1. The third-order valence-electron chi connectivity index (χ3n) is 4.89. The number of benzene rings is 3. The van der Waals surface area contributed by atoms with Gasteiger partial charge in [-0.1, -0.05) is 60.7 Å². The van der Waals surface area contributed by atoms with Crippen molar-refractivity contribution in [1.82, 2.24) is 5.43 Å². The Hall–Kier alpha value is -3.38. The maximum absolute atomic E-state index is 12.3. The van der Waals surface area contributed by atoms with Crippen molar-refractivity contribution in [3.05, 3.63) is 95.1 Å². The van der Waals surface area contributed by atoms with Gasteiger partial charge in [0.1, 0.15) is 0 Å². The standard InChI is InChI=1S/C24H20N2O3S/c1-29-24(28)17-12-10-16(11-13-17)14-25-26-22(27)15-30-23-20-8-4-2-6-18(20)19-7-3-5-9-21(19)23/h2-14,23H,15H2,1H3,(H,26,27)/b25-14-. The van der Waals surface area contributed by atoms with E-state index in [4.69, 9.17) is 0 Å². The Kier molecular flexibility index (Phi) is 5.95. The van der Waals surface area contributed by atoms with Gasteiger partial charge in [0, 0.05) is 0 Å². The number of carbonyl (C=O) groups excluding carboxylic acids is 2. The van der Waals surface area contributed by atoms with Crippen molar-refractivity contribution in [3.63, 3.8) is 0 Å². The molecule has 1 aliphatic carbocycles. The molecule has 0 saturated heterocycles. The fourth-order valence-electron chi connectivity index (χ4n) is 3.48. The number of thioether (sulfide) groups is 1. The minimum Gasteiger partial charge on any atom is -0.465 e. The van der Waals surface area contributed by atoms with E-state index in [1.54, 1.807) is 42.2 Å². The minimum absolute atomic E-state index is 0.137. The summed E-state index contributed by atoms with van der Waals surface area (Å²) < 4.78 is 4.67. The number of methoxy groups -OCH3 is 1. The van der Waals surface area contributed by atoms with Crippen LogP contribution in [-0.2, 0) is 9.53 Å². The third kappa shape index (κ3) is 4.14. The van der Waals surface area contributed by atoms with Crippen molar-refractivity contribution in [1.29, 1.82) is 0 Å². The second kappa shape index (κ2) is 8.97. The lowest BCUT2D eigenvalue weighted by atomic mass is 10.1. The largest absolute Gasteiger partial charge is 0.465 e. The lowest BCUT2D eigenvalue weighted by Gasteiger charge is -2.12. The Morgan fingerprint density at radius 2 is 1.57 bits per heavy atom. The molecule has 0 unspecified atom stereocenters. The zero-order valence-corrected chi connectivity index (χ0v) is 17.2. The van der Waals surface area contributed by atoms with Crippen molar-refractivity contribution >= 4 is 29.9 Å². The van der Waals surface area contributed by atoms with Crippen molar-refractivity contribution in [2.45, 2.75) is 5.25 Å². The van der Waals surface area contributed by atoms with Gasteiger partial charge in [0.2, 0.25) is 5.91 Å². The molecule has 0 bridgehead atoms. The van der Waals surface area contributed by atoms with Gasteiger partial charge in [-0.3, -0.25) is 4.79 Å². The highest BCUT2D eigenvalue weighted by Crippen LogP contribution is 2.49. The predicted molar refractivity (Wildman–Crippen MR) is 120 cm³/mol. The molecule has 1 aliphatic rings. The van der Waals surface area contributed by atoms with E-state index in [9.17, 15) is 9.59 Å². The quantitative estimate of drug-likeness (QED) is 0.367. The maximum Gasteiger partial charge on any atom is 0.337 e. The Labute approximate surface area is 179 Å². The van der Waals surface area contributed by atoms with E-state index >= 15 is 0 Å². The van der Waals surface area contributed by atoms with Crippen LogP contribution in [0.1, 0.15) is 32.3 Å². The van der Waals surface area contributed by atoms with Crippen LogP contribution < -0.4 is 5.43 Å². The molecule has 0 radical (unpaired) electrons. The molecule has 1 N–H and O–H groups in total. The molecule has 0 saturated carbocycles. The number of carbonyl (C=O) groups is 2. The van der Waals surface area contributed by atoms with Gasteiger partial charge in [-0.2, -0.15) is 5.10 Å². The fourth-order valence-corrected chi connectivity index (χ4v) is 4.63. The molecule has 0 atom stereocenters. The molecule has 3 aromatic rings. The molecule has 0 aromatic heterocycles. The van der Waals surface area contributed by atoms with E-state index in [1.165, 1.54) is 29.4 Å². The monoisotopic (exact) mass is 416 g/mol. The van der Waals surface area contributed by atoms with Crippen molar-refractivity contribution in [2.75, 3.05) is 12.9 Å². The minimum atomic E-state index is -0.390. The number of rotatable bonds is 6. The first-order valence-electron chi connectivity index (χ1n) is 9.47. The van der Waals surface area contributed by atoms with Crippen molar-refractivity contribution < 1.29 is 14.3 Å². The summed E-state index contributed by atoms with van der Waals surface area (Å²) in [7, 11) is 1.34. The predicted octanol–water partition coefficient (Wildman–Crippen LogP) is 4.43. The van der Waals surface area contributed by atoms with Crippen LogP contribution in [0.25, 0.3) is 11.1 Å². The van der Waals surface area contributed by atoms with Crippen molar-refractivity contribution in [3.8, 4) is 11.1 Å². The number of fused-ring (bicyclic) bond motifs is 3. The van der Waals surface area contributed by atoms with Crippen LogP contribution in [0, 0.1) is 0 Å². The first kappa shape index (κ1) is 19.9. The zero-order chi connectivity index (χ0) is 20.9. The summed E-state index contributed by atoms with van der Waals surface area (Å²) in [6, 6.07) is 23.5. The van der Waals surface area contributed by atoms with E-state index < -0.39 is 0 Å². The number of hydrogen-bond donors (Lipinski definition) is 1. The Morgan fingerprint density at radius 1 is 0.967 bits per heavy atom. The van der Waals surface area contributed by atoms with E-state index in [0.717, 1.165) is 5.56 Å². The summed E-state index contributed by atoms with van der Waals surface area (Å²) >= 11 is 1.59. The first-order valence-corrected chi connectivity index (χ1v) is 10.5. The molecule has 6 heteroatoms. The number of nitrogens with zero attached hydrogens (tertiary/aromatic N) is 1. The molecular weight excluding hydrogens is 396 g/mol. The summed E-state index contributed by atoms with van der Waals surface area (Å²) in [5, 5.41) is 4.15. The molecule has 0 fully saturated rings. The Morgan fingerprint density at radius 3 is 2.17 bits per heavy atom. The van der Waals surface area contributed by atoms with E-state index in [0.29, 0.717) is 11.3 Å². The molecule has 0 spiro atoms.